The molecule has 0 unspecified atom stereocenters. The van der Waals surface area contributed by atoms with E-state index in [0.717, 1.165) is 54.0 Å². The minimum absolute atomic E-state index is 0.0262. The summed E-state index contributed by atoms with van der Waals surface area (Å²) in [5, 5.41) is 9.90. The molecule has 0 bridgehead atoms. The predicted molar refractivity (Wildman–Crippen MR) is 130 cm³/mol. The molecule has 1 atom stereocenters. The van der Waals surface area contributed by atoms with Gasteiger partial charge in [-0.2, -0.15) is 4.31 Å². The van der Waals surface area contributed by atoms with Crippen LogP contribution in [-0.4, -0.2) is 59.7 Å². The molecule has 8 nitrogen and oxygen atoms in total. The van der Waals surface area contributed by atoms with Crippen molar-refractivity contribution in [3.63, 3.8) is 0 Å². The summed E-state index contributed by atoms with van der Waals surface area (Å²) in [6.07, 6.45) is 12.4. The summed E-state index contributed by atoms with van der Waals surface area (Å²) in [5.41, 5.74) is 3.65. The molecule has 1 N–H and O–H groups in total. The number of aliphatic hydroxyl groups excluding tert-OH is 1. The number of hydrogen-bond donors (Lipinski definition) is 1. The number of hydrogen-bond acceptors (Lipinski definition) is 6. The molecule has 2 aromatic heterocycles. The van der Waals surface area contributed by atoms with Crippen LogP contribution in [0.1, 0.15) is 43.2 Å². The average Bonchev–Trinajstić information content (AvgIpc) is 3.21. The van der Waals surface area contributed by atoms with Crippen LogP contribution >= 0.6 is 0 Å². The number of anilines is 1. The van der Waals surface area contributed by atoms with E-state index in [9.17, 15) is 18.3 Å². The van der Waals surface area contributed by atoms with E-state index >= 15 is 0 Å². The Morgan fingerprint density at radius 1 is 1.12 bits per heavy atom. The maximum atomic E-state index is 13.4. The monoisotopic (exact) mass is 482 g/mol. The van der Waals surface area contributed by atoms with Crippen LogP contribution in [0.25, 0.3) is 17.2 Å². The number of aromatic nitrogens is 2. The molecule has 4 heterocycles. The van der Waals surface area contributed by atoms with E-state index < -0.39 is 16.1 Å². The van der Waals surface area contributed by atoms with Crippen molar-refractivity contribution in [1.82, 2.24) is 13.9 Å². The summed E-state index contributed by atoms with van der Waals surface area (Å²) in [6.45, 7) is 2.20. The Labute approximate surface area is 199 Å². The minimum Gasteiger partial charge on any atom is -0.392 e. The number of nitrogens with zero attached hydrogens (tertiary/aromatic N) is 4. The normalized spacial score (nSPS) is 23.6. The van der Waals surface area contributed by atoms with Gasteiger partial charge in [0.1, 0.15) is 10.7 Å². The number of piperidine rings is 1. The van der Waals surface area contributed by atoms with Gasteiger partial charge in [-0.3, -0.25) is 4.79 Å². The zero-order chi connectivity index (χ0) is 23.7. The summed E-state index contributed by atoms with van der Waals surface area (Å²) in [6, 6.07) is 1.72. The molecule has 0 radical (unpaired) electrons. The summed E-state index contributed by atoms with van der Waals surface area (Å²) in [7, 11) is -2.05. The molecule has 0 amide bonds. The maximum Gasteiger partial charge on any atom is 0.254 e. The predicted octanol–water partition coefficient (Wildman–Crippen LogP) is 2.15. The van der Waals surface area contributed by atoms with Gasteiger partial charge in [-0.15, -0.1) is 0 Å². The number of pyridine rings is 2. The molecule has 180 valence electrons. The van der Waals surface area contributed by atoms with Gasteiger partial charge in [-0.05, 0) is 55.6 Å². The van der Waals surface area contributed by atoms with Crippen molar-refractivity contribution in [2.24, 2.45) is 12.5 Å². The molecule has 3 fully saturated rings. The molecule has 1 saturated carbocycles. The number of allylic oxidation sites excluding steroid dienone is 1. The molecule has 2 aliphatic heterocycles. The van der Waals surface area contributed by atoms with Crippen LogP contribution in [0, 0.1) is 5.41 Å². The topological polar surface area (TPSA) is 95.7 Å². The fraction of sp³-hybridized carbons (Fsp3) is 0.520. The largest absolute Gasteiger partial charge is 0.392 e. The Hall–Kier alpha value is -2.49. The van der Waals surface area contributed by atoms with E-state index in [1.54, 1.807) is 23.9 Å². The Bertz CT molecular complexity index is 1350. The van der Waals surface area contributed by atoms with Crippen molar-refractivity contribution in [3.8, 4) is 11.1 Å². The smallest absolute Gasteiger partial charge is 0.254 e. The summed E-state index contributed by atoms with van der Waals surface area (Å²) < 4.78 is 29.7. The quantitative estimate of drug-likeness (QED) is 0.718. The summed E-state index contributed by atoms with van der Waals surface area (Å²) in [4.78, 5) is 19.8. The second kappa shape index (κ2) is 7.76. The van der Waals surface area contributed by atoms with Crippen molar-refractivity contribution in [2.75, 3.05) is 31.1 Å². The fourth-order valence-corrected chi connectivity index (χ4v) is 7.15. The molecule has 9 heteroatoms. The first kappa shape index (κ1) is 22.0. The van der Waals surface area contributed by atoms with Crippen LogP contribution < -0.4 is 10.5 Å². The lowest BCUT2D eigenvalue weighted by Crippen LogP contribution is -2.35. The van der Waals surface area contributed by atoms with E-state index in [1.165, 1.54) is 23.3 Å². The number of fused-ring (bicyclic) bond motifs is 1. The second-order valence-electron chi connectivity index (χ2n) is 10.3. The highest BCUT2D eigenvalue weighted by atomic mass is 32.2. The fourth-order valence-electron chi connectivity index (χ4n) is 5.69. The lowest BCUT2D eigenvalue weighted by atomic mass is 9.93. The highest BCUT2D eigenvalue weighted by Gasteiger charge is 2.45. The molecule has 2 saturated heterocycles. The number of β-amino-alcohol motifs (C(OH)–C–C–N with tert-alkyl or cyclic N) is 1. The van der Waals surface area contributed by atoms with E-state index in [1.807, 2.05) is 12.2 Å². The zero-order valence-electron chi connectivity index (χ0n) is 19.4. The van der Waals surface area contributed by atoms with Gasteiger partial charge in [0.15, 0.2) is 0 Å². The third kappa shape index (κ3) is 3.52. The molecule has 34 heavy (non-hydrogen) atoms. The lowest BCUT2D eigenvalue weighted by Gasteiger charge is -2.34. The summed E-state index contributed by atoms with van der Waals surface area (Å²) >= 11 is 0. The van der Waals surface area contributed by atoms with Gasteiger partial charge >= 0.3 is 0 Å². The van der Waals surface area contributed by atoms with Gasteiger partial charge in [-0.1, -0.05) is 12.2 Å². The molecule has 2 aliphatic carbocycles. The van der Waals surface area contributed by atoms with Crippen LogP contribution in [0.15, 0.2) is 34.2 Å². The number of sulfonamides is 1. The first-order valence-corrected chi connectivity index (χ1v) is 13.5. The van der Waals surface area contributed by atoms with Gasteiger partial charge in [0, 0.05) is 62.3 Å². The van der Waals surface area contributed by atoms with Crippen molar-refractivity contribution in [1.29, 1.82) is 0 Å². The second-order valence-corrected chi connectivity index (χ2v) is 12.2. The zero-order valence-corrected chi connectivity index (χ0v) is 20.2. The molecule has 0 aromatic carbocycles. The van der Waals surface area contributed by atoms with Crippen LogP contribution in [0.5, 0.6) is 0 Å². The number of rotatable bonds is 4. The Kier molecular flexibility index (Phi) is 5.02. The molecule has 2 aromatic rings. The highest BCUT2D eigenvalue weighted by Crippen LogP contribution is 2.54. The van der Waals surface area contributed by atoms with Crippen LogP contribution in [0.4, 0.5) is 5.82 Å². The molecule has 4 aliphatic rings. The first-order chi connectivity index (χ1) is 16.3. The average molecular weight is 483 g/mol. The SMILES string of the molecule is Cn1cc(-c2cc(S(=O)(=O)N3CC[C@H](O)C3)cnc2N2CCC3(CC2)CC3)c2c(c1=O)CC=C2. The van der Waals surface area contributed by atoms with Crippen molar-refractivity contribution < 1.29 is 13.5 Å². The third-order valence-corrected chi connectivity index (χ3v) is 9.93. The lowest BCUT2D eigenvalue weighted by molar-refractivity contribution is 0.189. The van der Waals surface area contributed by atoms with Crippen molar-refractivity contribution in [3.05, 3.63) is 46.0 Å². The Morgan fingerprint density at radius 3 is 2.56 bits per heavy atom. The molecular weight excluding hydrogens is 452 g/mol. The standard InChI is InChI=1S/C25H30N4O4S/c1-27-16-22(19-3-2-4-20(19)24(27)31)21-13-18(34(32,33)29-10-5-17(30)15-29)14-26-23(21)28-11-8-25(6-7-25)9-12-28/h2-3,13-14,16-17,30H,4-12,15H2,1H3/t17-/m0/s1. The molecular formula is C25H30N4O4S. The van der Waals surface area contributed by atoms with Crippen LogP contribution in [0.3, 0.4) is 0 Å². The Balaban J connectivity index is 1.49. The van der Waals surface area contributed by atoms with Crippen molar-refractivity contribution >= 4 is 21.9 Å². The maximum absolute atomic E-state index is 13.4. The van der Waals surface area contributed by atoms with Crippen LogP contribution in [0.2, 0.25) is 0 Å². The van der Waals surface area contributed by atoms with Gasteiger partial charge in [-0.25, -0.2) is 13.4 Å². The van der Waals surface area contributed by atoms with E-state index in [0.29, 0.717) is 24.8 Å². The van der Waals surface area contributed by atoms with Gasteiger partial charge < -0.3 is 14.6 Å². The summed E-state index contributed by atoms with van der Waals surface area (Å²) in [5.74, 6) is 0.775. The van der Waals surface area contributed by atoms with Crippen molar-refractivity contribution in [2.45, 2.75) is 49.5 Å². The minimum atomic E-state index is -3.78. The Morgan fingerprint density at radius 2 is 1.88 bits per heavy atom. The van der Waals surface area contributed by atoms with Gasteiger partial charge in [0.2, 0.25) is 10.0 Å². The van der Waals surface area contributed by atoms with E-state index in [4.69, 9.17) is 4.98 Å². The highest BCUT2D eigenvalue weighted by molar-refractivity contribution is 7.89. The van der Waals surface area contributed by atoms with E-state index in [2.05, 4.69) is 4.90 Å². The van der Waals surface area contributed by atoms with Crippen LogP contribution in [-0.2, 0) is 23.5 Å². The van der Waals surface area contributed by atoms with E-state index in [-0.39, 0.29) is 17.0 Å². The molecule has 6 rings (SSSR count). The van der Waals surface area contributed by atoms with Gasteiger partial charge in [0.25, 0.3) is 5.56 Å². The van der Waals surface area contributed by atoms with Gasteiger partial charge in [0.05, 0.1) is 6.10 Å². The number of aryl methyl sites for hydroxylation is 1. The third-order valence-electron chi connectivity index (χ3n) is 8.10. The first-order valence-electron chi connectivity index (χ1n) is 12.1. The number of aliphatic hydroxyl groups is 1. The molecule has 1 spiro atoms.